The van der Waals surface area contributed by atoms with Gasteiger partial charge in [-0.2, -0.15) is 0 Å². The Bertz CT molecular complexity index is 987. The van der Waals surface area contributed by atoms with Gasteiger partial charge < -0.3 is 14.2 Å². The summed E-state index contributed by atoms with van der Waals surface area (Å²) >= 11 is 1.70. The molecule has 1 aromatic carbocycles. The fourth-order valence-corrected chi connectivity index (χ4v) is 3.81. The smallest absolute Gasteiger partial charge is 0.259 e. The lowest BCUT2D eigenvalue weighted by molar-refractivity contribution is 0.368. The summed E-state index contributed by atoms with van der Waals surface area (Å²) in [5.41, 5.74) is 3.15. The highest BCUT2D eigenvalue weighted by Crippen LogP contribution is 2.37. The van der Waals surface area contributed by atoms with E-state index in [1.54, 1.807) is 42.9 Å². The van der Waals surface area contributed by atoms with E-state index in [1.807, 2.05) is 26.4 Å². The van der Waals surface area contributed by atoms with Crippen molar-refractivity contribution in [2.24, 2.45) is 7.05 Å². The lowest BCUT2D eigenvalue weighted by atomic mass is 9.99. The monoisotopic (exact) mass is 369 g/mol. The summed E-state index contributed by atoms with van der Waals surface area (Å²) in [6.45, 7) is 0.803. The van der Waals surface area contributed by atoms with Gasteiger partial charge >= 0.3 is 0 Å². The molecule has 0 N–H and O–H groups in total. The zero-order valence-corrected chi connectivity index (χ0v) is 16.6. The molecule has 0 saturated carbocycles. The largest absolute Gasteiger partial charge is 0.496 e. The fraction of sp³-hybridized carbons (Fsp3) is 0.300. The van der Waals surface area contributed by atoms with Crippen molar-refractivity contribution in [3.63, 3.8) is 0 Å². The third-order valence-electron chi connectivity index (χ3n) is 4.38. The van der Waals surface area contributed by atoms with E-state index in [-0.39, 0.29) is 5.56 Å². The van der Waals surface area contributed by atoms with Crippen molar-refractivity contribution in [2.45, 2.75) is 11.4 Å². The van der Waals surface area contributed by atoms with Crippen LogP contribution in [-0.2, 0) is 13.6 Å². The molecule has 0 radical (unpaired) electrons. The normalized spacial score (nSPS) is 11.3. The number of thioether (sulfide) groups is 1. The molecule has 0 saturated heterocycles. The first kappa shape index (κ1) is 18.5. The average molecular weight is 369 g/mol. The molecule has 3 aromatic rings. The number of fused-ring (bicyclic) bond motifs is 1. The van der Waals surface area contributed by atoms with Crippen LogP contribution in [0, 0.1) is 0 Å². The minimum atomic E-state index is -0.0434. The van der Waals surface area contributed by atoms with E-state index in [0.717, 1.165) is 28.8 Å². The summed E-state index contributed by atoms with van der Waals surface area (Å²) in [5, 5.41) is 1.52. The molecule has 0 aliphatic rings. The zero-order valence-electron chi connectivity index (χ0n) is 15.7. The first-order valence-electron chi connectivity index (χ1n) is 8.29. The number of hydrogen-bond donors (Lipinski definition) is 0. The Morgan fingerprint density at radius 2 is 2.04 bits per heavy atom. The second-order valence-corrected chi connectivity index (χ2v) is 7.33. The highest BCUT2D eigenvalue weighted by molar-refractivity contribution is 7.98. The highest BCUT2D eigenvalue weighted by Gasteiger charge is 2.16. The molecule has 6 heteroatoms. The van der Waals surface area contributed by atoms with Gasteiger partial charge in [-0.15, -0.1) is 11.8 Å². The van der Waals surface area contributed by atoms with Crippen LogP contribution in [0.2, 0.25) is 0 Å². The summed E-state index contributed by atoms with van der Waals surface area (Å²) in [7, 11) is 7.56. The summed E-state index contributed by atoms with van der Waals surface area (Å²) in [6.07, 6.45) is 7.31. The van der Waals surface area contributed by atoms with E-state index in [0.29, 0.717) is 5.39 Å². The van der Waals surface area contributed by atoms with E-state index >= 15 is 0 Å². The molecule has 2 aromatic heterocycles. The number of methoxy groups -OCH3 is 1. The molecule has 0 bridgehead atoms. The predicted octanol–water partition coefficient (Wildman–Crippen LogP) is 3.39. The van der Waals surface area contributed by atoms with Crippen molar-refractivity contribution in [2.75, 3.05) is 27.5 Å². The zero-order chi connectivity index (χ0) is 18.8. The molecule has 0 spiro atoms. The Morgan fingerprint density at radius 3 is 2.69 bits per heavy atom. The summed E-state index contributed by atoms with van der Waals surface area (Å²) in [4.78, 5) is 19.8. The summed E-state index contributed by atoms with van der Waals surface area (Å²) in [5.74, 6) is 0.858. The second kappa shape index (κ2) is 7.51. The Labute approximate surface area is 157 Å². The summed E-state index contributed by atoms with van der Waals surface area (Å²) in [6, 6.07) is 6.12. The van der Waals surface area contributed by atoms with Crippen LogP contribution >= 0.6 is 11.8 Å². The number of rotatable bonds is 5. The van der Waals surface area contributed by atoms with Gasteiger partial charge in [-0.3, -0.25) is 9.78 Å². The fourth-order valence-electron chi connectivity index (χ4n) is 3.15. The molecule has 136 valence electrons. The average Bonchev–Trinajstić information content (AvgIpc) is 2.64. The van der Waals surface area contributed by atoms with Gasteiger partial charge in [-0.05, 0) is 49.5 Å². The summed E-state index contributed by atoms with van der Waals surface area (Å²) < 4.78 is 7.31. The molecule has 0 fully saturated rings. The van der Waals surface area contributed by atoms with Crippen molar-refractivity contribution >= 4 is 22.5 Å². The topological polar surface area (TPSA) is 47.4 Å². The molecule has 3 rings (SSSR count). The third kappa shape index (κ3) is 3.34. The minimum Gasteiger partial charge on any atom is -0.496 e. The lowest BCUT2D eigenvalue weighted by Crippen LogP contribution is -2.16. The first-order valence-corrected chi connectivity index (χ1v) is 9.52. The molecule has 26 heavy (non-hydrogen) atoms. The molecular formula is C20H23N3O2S. The van der Waals surface area contributed by atoms with E-state index in [4.69, 9.17) is 4.74 Å². The molecular weight excluding hydrogens is 346 g/mol. The number of aromatic nitrogens is 2. The van der Waals surface area contributed by atoms with E-state index in [9.17, 15) is 4.79 Å². The Kier molecular flexibility index (Phi) is 5.34. The van der Waals surface area contributed by atoms with Crippen LogP contribution in [0.15, 0.2) is 46.5 Å². The number of aryl methyl sites for hydroxylation is 1. The van der Waals surface area contributed by atoms with Crippen molar-refractivity contribution in [3.05, 3.63) is 52.7 Å². The van der Waals surface area contributed by atoms with Crippen molar-refractivity contribution in [1.29, 1.82) is 0 Å². The maximum Gasteiger partial charge on any atom is 0.259 e. The van der Waals surface area contributed by atoms with Gasteiger partial charge in [0.1, 0.15) is 5.75 Å². The van der Waals surface area contributed by atoms with Gasteiger partial charge in [-0.1, -0.05) is 0 Å². The highest BCUT2D eigenvalue weighted by atomic mass is 32.2. The first-order chi connectivity index (χ1) is 12.5. The molecule has 5 nitrogen and oxygen atoms in total. The molecule has 0 atom stereocenters. The van der Waals surface area contributed by atoms with Gasteiger partial charge in [0.05, 0.1) is 12.5 Å². The standard InChI is InChI=1S/C20H23N3O2S/c1-22(2)11-17-18(25-4)8-13(9-19(17)26-5)16-12-23(3)20(24)15-10-21-7-6-14(15)16/h6-10,12H,11H2,1-5H3. The molecule has 0 unspecified atom stereocenters. The van der Waals surface area contributed by atoms with Crippen LogP contribution in [0.25, 0.3) is 21.9 Å². The quantitative estimate of drug-likeness (QED) is 0.645. The third-order valence-corrected chi connectivity index (χ3v) is 5.18. The van der Waals surface area contributed by atoms with Crippen molar-refractivity contribution in [1.82, 2.24) is 14.5 Å². The minimum absolute atomic E-state index is 0.0434. The van der Waals surface area contributed by atoms with Gasteiger partial charge in [0, 0.05) is 48.2 Å². The molecule has 0 aliphatic heterocycles. The van der Waals surface area contributed by atoms with Gasteiger partial charge in [0.2, 0.25) is 0 Å². The van der Waals surface area contributed by atoms with Crippen molar-refractivity contribution in [3.8, 4) is 16.9 Å². The van der Waals surface area contributed by atoms with Crippen LogP contribution in [0.1, 0.15) is 5.56 Å². The van der Waals surface area contributed by atoms with Crippen LogP contribution in [0.5, 0.6) is 5.75 Å². The number of benzene rings is 1. The van der Waals surface area contributed by atoms with Crippen LogP contribution in [-0.4, -0.2) is 41.9 Å². The maximum absolute atomic E-state index is 12.4. The van der Waals surface area contributed by atoms with Gasteiger partial charge in [0.25, 0.3) is 5.56 Å². The number of hydrogen-bond acceptors (Lipinski definition) is 5. The van der Waals surface area contributed by atoms with E-state index in [2.05, 4.69) is 28.3 Å². The van der Waals surface area contributed by atoms with E-state index < -0.39 is 0 Å². The predicted molar refractivity (Wildman–Crippen MR) is 108 cm³/mol. The van der Waals surface area contributed by atoms with E-state index in [1.165, 1.54) is 10.5 Å². The SMILES string of the molecule is COc1cc(-c2cn(C)c(=O)c3cnccc23)cc(SC)c1CN(C)C. The van der Waals surface area contributed by atoms with Gasteiger partial charge in [0.15, 0.2) is 0 Å². The van der Waals surface area contributed by atoms with Gasteiger partial charge in [-0.25, -0.2) is 0 Å². The lowest BCUT2D eigenvalue weighted by Gasteiger charge is -2.19. The molecule has 0 amide bonds. The molecule has 2 heterocycles. The van der Waals surface area contributed by atoms with Crippen molar-refractivity contribution < 1.29 is 4.74 Å². The van der Waals surface area contributed by atoms with Crippen LogP contribution in [0.3, 0.4) is 0 Å². The Balaban J connectivity index is 2.30. The Hall–Kier alpha value is -2.31. The number of nitrogens with zero attached hydrogens (tertiary/aromatic N) is 3. The Morgan fingerprint density at radius 1 is 1.27 bits per heavy atom. The van der Waals surface area contributed by atoms with Crippen LogP contribution < -0.4 is 10.3 Å². The second-order valence-electron chi connectivity index (χ2n) is 6.48. The maximum atomic E-state index is 12.4. The number of ether oxygens (including phenoxy) is 1. The van der Waals surface area contributed by atoms with Crippen LogP contribution in [0.4, 0.5) is 0 Å². The number of pyridine rings is 2. The molecule has 0 aliphatic carbocycles.